The molecule has 0 aliphatic rings. The first-order valence-electron chi connectivity index (χ1n) is 4.46. The van der Waals surface area contributed by atoms with Crippen LogP contribution in [-0.4, -0.2) is 16.8 Å². The van der Waals surface area contributed by atoms with Gasteiger partial charge in [-0.15, -0.1) is 11.5 Å². The van der Waals surface area contributed by atoms with Crippen LogP contribution in [0.4, 0.5) is 0 Å². The van der Waals surface area contributed by atoms with Crippen molar-refractivity contribution in [1.29, 1.82) is 0 Å². The molecule has 0 saturated carbocycles. The van der Waals surface area contributed by atoms with Crippen LogP contribution >= 0.6 is 22.9 Å². The summed E-state index contributed by atoms with van der Waals surface area (Å²) in [5, 5.41) is 9.67. The summed E-state index contributed by atoms with van der Waals surface area (Å²) in [6.45, 7) is 0.192. The van der Waals surface area contributed by atoms with Gasteiger partial charge in [-0.25, -0.2) is 0 Å². The van der Waals surface area contributed by atoms with Crippen molar-refractivity contribution in [3.05, 3.63) is 29.3 Å². The highest BCUT2D eigenvalue weighted by Gasteiger charge is 2.09. The van der Waals surface area contributed by atoms with Crippen molar-refractivity contribution in [3.8, 4) is 28.1 Å². The maximum atomic E-state index is 6.04. The molecule has 0 spiro atoms. The summed E-state index contributed by atoms with van der Waals surface area (Å²) < 4.78 is 5.16. The van der Waals surface area contributed by atoms with Gasteiger partial charge in [0.1, 0.15) is 0 Å². The monoisotopic (exact) mass is 250 g/mol. The smallest absolute Gasteiger partial charge is 0.295 e. The van der Waals surface area contributed by atoms with Gasteiger partial charge >= 0.3 is 0 Å². The second kappa shape index (κ2) is 4.97. The van der Waals surface area contributed by atoms with Crippen LogP contribution in [0.2, 0.25) is 5.02 Å². The molecule has 80 valence electrons. The predicted octanol–water partition coefficient (Wildman–Crippen LogP) is 2.87. The molecule has 0 radical (unpaired) electrons. The summed E-state index contributed by atoms with van der Waals surface area (Å²) in [5.74, 6) is 2.37. The Balaban J connectivity index is 2.26. The van der Waals surface area contributed by atoms with Crippen LogP contribution in [0, 0.1) is 12.3 Å². The number of hydrogen-bond acceptors (Lipinski definition) is 4. The van der Waals surface area contributed by atoms with Crippen molar-refractivity contribution in [2.24, 2.45) is 0 Å². The molecule has 2 aromatic rings. The lowest BCUT2D eigenvalue weighted by Crippen LogP contribution is -1.91. The quantitative estimate of drug-likeness (QED) is 0.786. The molecule has 2 rings (SSSR count). The summed E-state index contributed by atoms with van der Waals surface area (Å²) in [7, 11) is 0. The van der Waals surface area contributed by atoms with Gasteiger partial charge in [0.25, 0.3) is 5.19 Å². The van der Waals surface area contributed by atoms with Gasteiger partial charge < -0.3 is 4.74 Å². The number of ether oxygens (including phenoxy) is 1. The molecule has 5 heteroatoms. The third kappa shape index (κ3) is 2.32. The fourth-order valence-corrected chi connectivity index (χ4v) is 2.13. The molecule has 1 aromatic heterocycles. The minimum absolute atomic E-state index is 0.192. The second-order valence-electron chi connectivity index (χ2n) is 2.85. The molecule has 1 heterocycles. The Morgan fingerprint density at radius 3 is 2.94 bits per heavy atom. The SMILES string of the molecule is C#CCOc1nnc(-c2ccccc2Cl)s1. The van der Waals surface area contributed by atoms with Crippen LogP contribution in [0.25, 0.3) is 10.6 Å². The molecule has 3 nitrogen and oxygen atoms in total. The Labute approximate surface area is 102 Å². The normalized spacial score (nSPS) is 9.75. The average molecular weight is 251 g/mol. The van der Waals surface area contributed by atoms with Crippen molar-refractivity contribution in [2.45, 2.75) is 0 Å². The van der Waals surface area contributed by atoms with Gasteiger partial charge in [-0.3, -0.25) is 0 Å². The molecule has 0 fully saturated rings. The Morgan fingerprint density at radius 1 is 1.38 bits per heavy atom. The van der Waals surface area contributed by atoms with E-state index in [1.807, 2.05) is 18.2 Å². The maximum Gasteiger partial charge on any atom is 0.295 e. The summed E-state index contributed by atoms with van der Waals surface area (Å²) >= 11 is 7.35. The van der Waals surface area contributed by atoms with Gasteiger partial charge in [-0.05, 0) is 6.07 Å². The summed E-state index contributed by atoms with van der Waals surface area (Å²) in [6, 6.07) is 7.45. The predicted molar refractivity (Wildman–Crippen MR) is 64.7 cm³/mol. The van der Waals surface area contributed by atoms with E-state index in [0.29, 0.717) is 10.2 Å². The number of benzene rings is 1. The lowest BCUT2D eigenvalue weighted by molar-refractivity contribution is 0.364. The largest absolute Gasteiger partial charge is 0.456 e. The van der Waals surface area contributed by atoms with Crippen LogP contribution in [0.1, 0.15) is 0 Å². The molecule has 0 aliphatic heterocycles. The fraction of sp³-hybridized carbons (Fsp3) is 0.0909. The van der Waals surface area contributed by atoms with Crippen LogP contribution < -0.4 is 4.74 Å². The Morgan fingerprint density at radius 2 is 2.19 bits per heavy atom. The Kier molecular flexibility index (Phi) is 3.40. The van der Waals surface area contributed by atoms with E-state index < -0.39 is 0 Å². The van der Waals surface area contributed by atoms with Crippen LogP contribution in [0.3, 0.4) is 0 Å². The minimum atomic E-state index is 0.192. The highest BCUT2D eigenvalue weighted by Crippen LogP contribution is 2.32. The molecule has 16 heavy (non-hydrogen) atoms. The first kappa shape index (κ1) is 10.9. The zero-order valence-corrected chi connectivity index (χ0v) is 9.76. The van der Waals surface area contributed by atoms with Crippen molar-refractivity contribution < 1.29 is 4.74 Å². The van der Waals surface area contributed by atoms with Crippen molar-refractivity contribution in [3.63, 3.8) is 0 Å². The van der Waals surface area contributed by atoms with E-state index in [-0.39, 0.29) is 6.61 Å². The van der Waals surface area contributed by atoms with E-state index in [9.17, 15) is 0 Å². The molecular weight excluding hydrogens is 244 g/mol. The van der Waals surface area contributed by atoms with E-state index >= 15 is 0 Å². The highest BCUT2D eigenvalue weighted by molar-refractivity contribution is 7.16. The zero-order valence-electron chi connectivity index (χ0n) is 8.18. The molecule has 0 amide bonds. The van der Waals surface area contributed by atoms with Gasteiger partial charge in [0, 0.05) is 5.56 Å². The van der Waals surface area contributed by atoms with Crippen LogP contribution in [-0.2, 0) is 0 Å². The van der Waals surface area contributed by atoms with Gasteiger partial charge in [0.2, 0.25) is 0 Å². The summed E-state index contributed by atoms with van der Waals surface area (Å²) in [6.07, 6.45) is 5.08. The van der Waals surface area contributed by atoms with Crippen LogP contribution in [0.5, 0.6) is 5.19 Å². The molecule has 0 bridgehead atoms. The molecule has 0 atom stereocenters. The number of terminal acetylenes is 1. The van der Waals surface area contributed by atoms with E-state index in [2.05, 4.69) is 16.1 Å². The number of aromatic nitrogens is 2. The first-order valence-corrected chi connectivity index (χ1v) is 5.65. The van der Waals surface area contributed by atoms with Gasteiger partial charge in [-0.1, -0.05) is 52.2 Å². The molecule has 0 N–H and O–H groups in total. The second-order valence-corrected chi connectivity index (χ2v) is 4.19. The standard InChI is InChI=1S/C11H7ClN2OS/c1-2-7-15-11-14-13-10(16-11)8-5-3-4-6-9(8)12/h1,3-6H,7H2. The fourth-order valence-electron chi connectivity index (χ4n) is 1.11. The van der Waals surface area contributed by atoms with E-state index in [1.54, 1.807) is 6.07 Å². The van der Waals surface area contributed by atoms with Crippen LogP contribution in [0.15, 0.2) is 24.3 Å². The van der Waals surface area contributed by atoms with E-state index in [1.165, 1.54) is 11.3 Å². The molecule has 0 aliphatic carbocycles. The third-order valence-corrected chi connectivity index (χ3v) is 2.99. The minimum Gasteiger partial charge on any atom is -0.456 e. The number of rotatable bonds is 3. The van der Waals surface area contributed by atoms with E-state index in [0.717, 1.165) is 10.6 Å². The van der Waals surface area contributed by atoms with Crippen molar-refractivity contribution >= 4 is 22.9 Å². The van der Waals surface area contributed by atoms with Crippen molar-refractivity contribution in [2.75, 3.05) is 6.61 Å². The number of halogens is 1. The zero-order chi connectivity index (χ0) is 11.4. The average Bonchev–Trinajstić information content (AvgIpc) is 2.75. The number of hydrogen-bond donors (Lipinski definition) is 0. The Hall–Kier alpha value is -1.57. The van der Waals surface area contributed by atoms with Gasteiger partial charge in [0.15, 0.2) is 11.6 Å². The summed E-state index contributed by atoms with van der Waals surface area (Å²) in [4.78, 5) is 0. The lowest BCUT2D eigenvalue weighted by Gasteiger charge is -1.96. The number of nitrogens with zero attached hydrogens (tertiary/aromatic N) is 2. The molecule has 1 aromatic carbocycles. The maximum absolute atomic E-state index is 6.04. The van der Waals surface area contributed by atoms with Crippen molar-refractivity contribution in [1.82, 2.24) is 10.2 Å². The highest BCUT2D eigenvalue weighted by atomic mass is 35.5. The first-order chi connectivity index (χ1) is 7.81. The molecule has 0 saturated heterocycles. The third-order valence-electron chi connectivity index (χ3n) is 1.79. The molecule has 0 unspecified atom stereocenters. The van der Waals surface area contributed by atoms with Gasteiger partial charge in [-0.2, -0.15) is 0 Å². The molecular formula is C11H7ClN2OS. The topological polar surface area (TPSA) is 35.0 Å². The van der Waals surface area contributed by atoms with E-state index in [4.69, 9.17) is 22.8 Å². The summed E-state index contributed by atoms with van der Waals surface area (Å²) in [5.41, 5.74) is 0.845. The Bertz CT molecular complexity index is 533. The van der Waals surface area contributed by atoms with Gasteiger partial charge in [0.05, 0.1) is 5.02 Å². The lowest BCUT2D eigenvalue weighted by atomic mass is 10.2.